The van der Waals surface area contributed by atoms with E-state index in [0.29, 0.717) is 12.2 Å². The van der Waals surface area contributed by atoms with Crippen LogP contribution in [0.3, 0.4) is 0 Å². The number of nitrogens with zero attached hydrogens (tertiary/aromatic N) is 2. The van der Waals surface area contributed by atoms with E-state index in [4.69, 9.17) is 10.8 Å². The maximum atomic E-state index is 11.0. The lowest BCUT2D eigenvalue weighted by Gasteiger charge is -2.11. The molecule has 0 unspecified atom stereocenters. The van der Waals surface area contributed by atoms with Crippen LogP contribution in [0.25, 0.3) is 0 Å². The van der Waals surface area contributed by atoms with Gasteiger partial charge in [0.1, 0.15) is 0 Å². The first-order valence-corrected chi connectivity index (χ1v) is 6.26. The topological polar surface area (TPSA) is 93.2 Å². The van der Waals surface area contributed by atoms with E-state index in [1.165, 1.54) is 6.07 Å². The second kappa shape index (κ2) is 5.24. The quantitative estimate of drug-likeness (QED) is 0.741. The number of hydrogen-bond donors (Lipinski definition) is 3. The SMILES string of the molecule is Cc1nn(C)c(C)c1CNc1cccc(C(=O)O)c1N. The van der Waals surface area contributed by atoms with Gasteiger partial charge in [-0.2, -0.15) is 5.10 Å². The van der Waals surface area contributed by atoms with Crippen molar-refractivity contribution >= 4 is 17.3 Å². The Labute approximate surface area is 117 Å². The molecule has 1 aromatic heterocycles. The molecular weight excluding hydrogens is 256 g/mol. The number of hydrogen-bond acceptors (Lipinski definition) is 4. The van der Waals surface area contributed by atoms with Gasteiger partial charge >= 0.3 is 5.97 Å². The van der Waals surface area contributed by atoms with Gasteiger partial charge in [-0.05, 0) is 26.0 Å². The molecule has 0 fully saturated rings. The molecule has 0 aliphatic rings. The minimum absolute atomic E-state index is 0.106. The van der Waals surface area contributed by atoms with Crippen LogP contribution in [0.15, 0.2) is 18.2 Å². The molecule has 1 heterocycles. The third-order valence-electron chi connectivity index (χ3n) is 3.45. The zero-order valence-electron chi connectivity index (χ0n) is 11.8. The molecule has 0 saturated heterocycles. The van der Waals surface area contributed by atoms with Crippen LogP contribution in [0.1, 0.15) is 27.3 Å². The summed E-state index contributed by atoms with van der Waals surface area (Å²) in [7, 11) is 1.89. The van der Waals surface area contributed by atoms with Crippen molar-refractivity contribution in [1.82, 2.24) is 9.78 Å². The van der Waals surface area contributed by atoms with Gasteiger partial charge in [0.2, 0.25) is 0 Å². The van der Waals surface area contributed by atoms with Crippen molar-refractivity contribution < 1.29 is 9.90 Å². The minimum Gasteiger partial charge on any atom is -0.478 e. The van der Waals surface area contributed by atoms with E-state index in [1.807, 2.05) is 25.6 Å². The lowest BCUT2D eigenvalue weighted by molar-refractivity contribution is 0.0698. The fourth-order valence-electron chi connectivity index (χ4n) is 2.16. The zero-order chi connectivity index (χ0) is 14.9. The lowest BCUT2D eigenvalue weighted by Crippen LogP contribution is -2.08. The highest BCUT2D eigenvalue weighted by atomic mass is 16.4. The summed E-state index contributed by atoms with van der Waals surface area (Å²) in [5, 5.41) is 16.6. The first kappa shape index (κ1) is 13.9. The van der Waals surface area contributed by atoms with Crippen molar-refractivity contribution in [1.29, 1.82) is 0 Å². The molecule has 0 aliphatic heterocycles. The number of rotatable bonds is 4. The number of aryl methyl sites for hydroxylation is 2. The van der Waals surface area contributed by atoms with Gasteiger partial charge in [0.25, 0.3) is 0 Å². The number of benzene rings is 1. The summed E-state index contributed by atoms with van der Waals surface area (Å²) in [5.41, 5.74) is 9.95. The average Bonchev–Trinajstić information content (AvgIpc) is 2.62. The van der Waals surface area contributed by atoms with Crippen molar-refractivity contribution in [3.8, 4) is 0 Å². The van der Waals surface area contributed by atoms with Crippen LogP contribution in [0.5, 0.6) is 0 Å². The molecule has 0 spiro atoms. The summed E-state index contributed by atoms with van der Waals surface area (Å²) in [6.07, 6.45) is 0. The van der Waals surface area contributed by atoms with Gasteiger partial charge in [0, 0.05) is 24.8 Å². The van der Waals surface area contributed by atoms with E-state index in [-0.39, 0.29) is 11.3 Å². The van der Waals surface area contributed by atoms with Gasteiger partial charge in [-0.3, -0.25) is 4.68 Å². The van der Waals surface area contributed by atoms with Crippen LogP contribution in [0.4, 0.5) is 11.4 Å². The van der Waals surface area contributed by atoms with E-state index in [1.54, 1.807) is 12.1 Å². The largest absolute Gasteiger partial charge is 0.478 e. The van der Waals surface area contributed by atoms with Gasteiger partial charge in [-0.1, -0.05) is 6.07 Å². The molecule has 4 N–H and O–H groups in total. The molecule has 0 atom stereocenters. The third kappa shape index (κ3) is 2.45. The molecule has 20 heavy (non-hydrogen) atoms. The molecule has 0 saturated carbocycles. The zero-order valence-corrected chi connectivity index (χ0v) is 11.8. The van der Waals surface area contributed by atoms with Crippen LogP contribution < -0.4 is 11.1 Å². The monoisotopic (exact) mass is 274 g/mol. The smallest absolute Gasteiger partial charge is 0.337 e. The Hall–Kier alpha value is -2.50. The molecule has 2 rings (SSSR count). The number of carbonyl (C=O) groups is 1. The Morgan fingerprint density at radius 1 is 1.45 bits per heavy atom. The van der Waals surface area contributed by atoms with Gasteiger partial charge < -0.3 is 16.2 Å². The number of nitrogen functional groups attached to an aromatic ring is 1. The van der Waals surface area contributed by atoms with E-state index >= 15 is 0 Å². The summed E-state index contributed by atoms with van der Waals surface area (Å²) in [6, 6.07) is 4.93. The molecule has 6 heteroatoms. The van der Waals surface area contributed by atoms with E-state index in [0.717, 1.165) is 17.0 Å². The van der Waals surface area contributed by atoms with Crippen LogP contribution in [0, 0.1) is 13.8 Å². The molecule has 0 bridgehead atoms. The molecule has 2 aromatic rings. The Bertz CT molecular complexity index is 661. The standard InChI is InChI=1S/C14H18N4O2/c1-8-11(9(2)18(3)17-8)7-16-12-6-4-5-10(13(12)15)14(19)20/h4-6,16H,7,15H2,1-3H3,(H,19,20). The number of para-hydroxylation sites is 1. The summed E-state index contributed by atoms with van der Waals surface area (Å²) in [4.78, 5) is 11.0. The molecule has 0 amide bonds. The number of nitrogens with two attached hydrogens (primary N) is 1. The number of aromatic carboxylic acids is 1. The number of aromatic nitrogens is 2. The Morgan fingerprint density at radius 3 is 2.70 bits per heavy atom. The van der Waals surface area contributed by atoms with Gasteiger partial charge in [-0.15, -0.1) is 0 Å². The Morgan fingerprint density at radius 2 is 2.15 bits per heavy atom. The molecule has 6 nitrogen and oxygen atoms in total. The third-order valence-corrected chi connectivity index (χ3v) is 3.45. The first-order valence-electron chi connectivity index (χ1n) is 6.26. The molecule has 0 aliphatic carbocycles. The van der Waals surface area contributed by atoms with Crippen molar-refractivity contribution in [3.05, 3.63) is 40.7 Å². The summed E-state index contributed by atoms with van der Waals surface area (Å²) in [6.45, 7) is 4.49. The van der Waals surface area contributed by atoms with Gasteiger partial charge in [-0.25, -0.2) is 4.79 Å². The number of carboxylic acid groups (broad SMARTS) is 1. The Balaban J connectivity index is 2.23. The molecule has 0 radical (unpaired) electrons. The van der Waals surface area contributed by atoms with Gasteiger partial charge in [0.05, 0.1) is 22.6 Å². The van der Waals surface area contributed by atoms with Crippen molar-refractivity contribution in [3.63, 3.8) is 0 Å². The predicted molar refractivity (Wildman–Crippen MR) is 77.8 cm³/mol. The van der Waals surface area contributed by atoms with Crippen molar-refractivity contribution in [2.24, 2.45) is 7.05 Å². The minimum atomic E-state index is -1.03. The normalized spacial score (nSPS) is 10.6. The Kier molecular flexibility index (Phi) is 3.65. The summed E-state index contributed by atoms with van der Waals surface area (Å²) in [5.74, 6) is -1.03. The second-order valence-electron chi connectivity index (χ2n) is 4.70. The van der Waals surface area contributed by atoms with Crippen LogP contribution in [-0.2, 0) is 13.6 Å². The lowest BCUT2D eigenvalue weighted by atomic mass is 10.1. The fourth-order valence-corrected chi connectivity index (χ4v) is 2.16. The number of carboxylic acids is 1. The highest BCUT2D eigenvalue weighted by Gasteiger charge is 2.13. The van der Waals surface area contributed by atoms with Crippen LogP contribution in [-0.4, -0.2) is 20.9 Å². The maximum Gasteiger partial charge on any atom is 0.337 e. The summed E-state index contributed by atoms with van der Waals surface area (Å²) >= 11 is 0. The fraction of sp³-hybridized carbons (Fsp3) is 0.286. The van der Waals surface area contributed by atoms with Crippen LogP contribution >= 0.6 is 0 Å². The van der Waals surface area contributed by atoms with Crippen molar-refractivity contribution in [2.45, 2.75) is 20.4 Å². The maximum absolute atomic E-state index is 11.0. The van der Waals surface area contributed by atoms with E-state index in [9.17, 15) is 4.79 Å². The van der Waals surface area contributed by atoms with Crippen LogP contribution in [0.2, 0.25) is 0 Å². The second-order valence-corrected chi connectivity index (χ2v) is 4.70. The highest BCUT2D eigenvalue weighted by molar-refractivity contribution is 5.97. The number of nitrogens with one attached hydrogen (secondary N) is 1. The predicted octanol–water partition coefficient (Wildman–Crippen LogP) is 1.93. The summed E-state index contributed by atoms with van der Waals surface area (Å²) < 4.78 is 1.82. The van der Waals surface area contributed by atoms with E-state index < -0.39 is 5.97 Å². The first-order chi connectivity index (χ1) is 9.41. The highest BCUT2D eigenvalue weighted by Crippen LogP contribution is 2.24. The molecular formula is C14H18N4O2. The number of anilines is 2. The van der Waals surface area contributed by atoms with E-state index in [2.05, 4.69) is 10.4 Å². The van der Waals surface area contributed by atoms with Crippen molar-refractivity contribution in [2.75, 3.05) is 11.1 Å². The average molecular weight is 274 g/mol. The molecule has 1 aromatic carbocycles. The molecule has 106 valence electrons. The van der Waals surface area contributed by atoms with Gasteiger partial charge in [0.15, 0.2) is 0 Å².